The van der Waals surface area contributed by atoms with E-state index in [0.717, 1.165) is 21.8 Å². The Kier molecular flexibility index (Phi) is 5.02. The van der Waals surface area contributed by atoms with Crippen molar-refractivity contribution in [3.8, 4) is 0 Å². The van der Waals surface area contributed by atoms with Crippen molar-refractivity contribution in [3.63, 3.8) is 0 Å². The van der Waals surface area contributed by atoms with Gasteiger partial charge in [-0.2, -0.15) is 0 Å². The average molecular weight is 307 g/mol. The highest BCUT2D eigenvalue weighted by molar-refractivity contribution is 6.31. The third-order valence-corrected chi connectivity index (χ3v) is 3.78. The molecule has 21 heavy (non-hydrogen) atoms. The first-order valence-corrected chi connectivity index (χ1v) is 7.29. The van der Waals surface area contributed by atoms with Crippen LogP contribution in [0.2, 0.25) is 5.02 Å². The molecule has 1 amide bonds. The van der Waals surface area contributed by atoms with Crippen molar-refractivity contribution in [2.24, 2.45) is 0 Å². The number of aromatic nitrogens is 1. The maximum absolute atomic E-state index is 12.1. The lowest BCUT2D eigenvalue weighted by molar-refractivity contribution is -0.121. The highest BCUT2D eigenvalue weighted by Gasteiger charge is 2.15. The molecule has 1 aromatic heterocycles. The van der Waals surface area contributed by atoms with E-state index in [4.69, 9.17) is 16.1 Å². The van der Waals surface area contributed by atoms with Crippen LogP contribution in [0.5, 0.6) is 0 Å². The number of aryl methyl sites for hydroxylation is 2. The molecule has 0 fully saturated rings. The first-order valence-electron chi connectivity index (χ1n) is 6.92. The average Bonchev–Trinajstić information content (AvgIpc) is 2.73. The molecule has 0 saturated heterocycles. The number of carbonyl (C=O) groups excluding carboxylic acids is 1. The maximum atomic E-state index is 12.1. The van der Waals surface area contributed by atoms with Gasteiger partial charge in [0.05, 0.1) is 12.1 Å². The van der Waals surface area contributed by atoms with E-state index in [9.17, 15) is 4.79 Å². The molecule has 1 aromatic carbocycles. The van der Waals surface area contributed by atoms with Gasteiger partial charge in [-0.05, 0) is 38.8 Å². The summed E-state index contributed by atoms with van der Waals surface area (Å²) in [6.45, 7) is 5.62. The largest absolute Gasteiger partial charge is 0.361 e. The second-order valence-electron chi connectivity index (χ2n) is 5.24. The van der Waals surface area contributed by atoms with Gasteiger partial charge in [-0.15, -0.1) is 0 Å². The molecule has 5 heteroatoms. The summed E-state index contributed by atoms with van der Waals surface area (Å²) >= 11 is 6.13. The molecule has 0 aliphatic rings. The molecule has 112 valence electrons. The number of carbonyl (C=O) groups is 1. The number of halogens is 1. The highest BCUT2D eigenvalue weighted by atomic mass is 35.5. The fourth-order valence-corrected chi connectivity index (χ4v) is 2.50. The van der Waals surface area contributed by atoms with Crippen molar-refractivity contribution in [2.45, 2.75) is 39.7 Å². The molecule has 4 nitrogen and oxygen atoms in total. The Morgan fingerprint density at radius 3 is 2.71 bits per heavy atom. The number of rotatable bonds is 5. The summed E-state index contributed by atoms with van der Waals surface area (Å²) in [4.78, 5) is 12.1. The van der Waals surface area contributed by atoms with Crippen molar-refractivity contribution in [3.05, 3.63) is 51.9 Å². The normalized spacial score (nSPS) is 12.2. The first-order chi connectivity index (χ1) is 9.97. The van der Waals surface area contributed by atoms with E-state index >= 15 is 0 Å². The number of benzene rings is 1. The van der Waals surface area contributed by atoms with Crippen molar-refractivity contribution >= 4 is 17.5 Å². The third-order valence-electron chi connectivity index (χ3n) is 3.41. The molecule has 2 aromatic rings. The van der Waals surface area contributed by atoms with Crippen LogP contribution in [0.1, 0.15) is 29.5 Å². The van der Waals surface area contributed by atoms with Crippen molar-refractivity contribution in [1.82, 2.24) is 10.5 Å². The van der Waals surface area contributed by atoms with E-state index in [1.54, 1.807) is 0 Å². The van der Waals surface area contributed by atoms with E-state index in [0.29, 0.717) is 12.2 Å². The Bertz CT molecular complexity index is 617. The summed E-state index contributed by atoms with van der Waals surface area (Å²) in [5.74, 6) is 0.658. The van der Waals surface area contributed by atoms with Gasteiger partial charge in [0.1, 0.15) is 5.76 Å². The van der Waals surface area contributed by atoms with Gasteiger partial charge in [-0.3, -0.25) is 4.79 Å². The minimum absolute atomic E-state index is 0.0119. The highest BCUT2D eigenvalue weighted by Crippen LogP contribution is 2.17. The van der Waals surface area contributed by atoms with Crippen LogP contribution in [-0.2, 0) is 17.6 Å². The molecule has 0 saturated carbocycles. The summed E-state index contributed by atoms with van der Waals surface area (Å²) < 4.78 is 5.07. The zero-order valence-electron chi connectivity index (χ0n) is 12.4. The summed E-state index contributed by atoms with van der Waals surface area (Å²) in [5.41, 5.74) is 2.66. The summed E-state index contributed by atoms with van der Waals surface area (Å²) in [6.07, 6.45) is 0.987. The second-order valence-corrected chi connectivity index (χ2v) is 5.65. The van der Waals surface area contributed by atoms with Gasteiger partial charge in [-0.1, -0.05) is 35.0 Å². The fraction of sp³-hybridized carbons (Fsp3) is 0.375. The van der Waals surface area contributed by atoms with Crippen LogP contribution in [0.25, 0.3) is 0 Å². The zero-order valence-corrected chi connectivity index (χ0v) is 13.2. The summed E-state index contributed by atoms with van der Waals surface area (Å²) in [5, 5.41) is 7.56. The van der Waals surface area contributed by atoms with Gasteiger partial charge in [0.25, 0.3) is 0 Å². The fourth-order valence-electron chi connectivity index (χ4n) is 2.29. The molecule has 0 aliphatic heterocycles. The van der Waals surface area contributed by atoms with Crippen LogP contribution in [0.3, 0.4) is 0 Å². The lowest BCUT2D eigenvalue weighted by Crippen LogP contribution is -2.35. The maximum Gasteiger partial charge on any atom is 0.224 e. The number of hydrogen-bond donors (Lipinski definition) is 1. The Labute approximate surface area is 129 Å². The Balaban J connectivity index is 1.92. The number of amides is 1. The van der Waals surface area contributed by atoms with Gasteiger partial charge >= 0.3 is 0 Å². The standard InChI is InChI=1S/C16H19ClN2O2/c1-10(8-13-6-4-5-7-15(13)17)18-16(20)9-14-11(2)19-21-12(14)3/h4-7,10H,8-9H2,1-3H3,(H,18,20). The molecule has 0 radical (unpaired) electrons. The second kappa shape index (κ2) is 6.76. The van der Waals surface area contributed by atoms with Gasteiger partial charge in [0, 0.05) is 16.6 Å². The first kappa shape index (κ1) is 15.6. The lowest BCUT2D eigenvalue weighted by atomic mass is 10.1. The minimum atomic E-state index is -0.0380. The number of hydrogen-bond acceptors (Lipinski definition) is 3. The lowest BCUT2D eigenvalue weighted by Gasteiger charge is -2.14. The smallest absolute Gasteiger partial charge is 0.224 e. The molecule has 0 bridgehead atoms. The monoisotopic (exact) mass is 306 g/mol. The summed E-state index contributed by atoms with van der Waals surface area (Å²) in [6, 6.07) is 7.68. The topological polar surface area (TPSA) is 55.1 Å². The van der Waals surface area contributed by atoms with Crippen LogP contribution in [0.15, 0.2) is 28.8 Å². The summed E-state index contributed by atoms with van der Waals surface area (Å²) in [7, 11) is 0. The molecular formula is C16H19ClN2O2. The van der Waals surface area contributed by atoms with Crippen molar-refractivity contribution < 1.29 is 9.32 Å². The van der Waals surface area contributed by atoms with E-state index in [-0.39, 0.29) is 18.4 Å². The molecule has 1 N–H and O–H groups in total. The SMILES string of the molecule is Cc1noc(C)c1CC(=O)NC(C)Cc1ccccc1Cl. The van der Waals surface area contributed by atoms with Gasteiger partial charge in [0.15, 0.2) is 0 Å². The van der Waals surface area contributed by atoms with E-state index in [2.05, 4.69) is 10.5 Å². The van der Waals surface area contributed by atoms with E-state index in [1.807, 2.05) is 45.0 Å². The van der Waals surface area contributed by atoms with Crippen LogP contribution in [-0.4, -0.2) is 17.1 Å². The number of nitrogens with one attached hydrogen (secondary N) is 1. The van der Waals surface area contributed by atoms with E-state index in [1.165, 1.54) is 0 Å². The molecule has 0 spiro atoms. The molecule has 0 aliphatic carbocycles. The predicted octanol–water partition coefficient (Wildman–Crippen LogP) is 3.23. The zero-order chi connectivity index (χ0) is 15.4. The molecule has 1 atom stereocenters. The number of nitrogens with zero attached hydrogens (tertiary/aromatic N) is 1. The van der Waals surface area contributed by atoms with Crippen LogP contribution >= 0.6 is 11.6 Å². The van der Waals surface area contributed by atoms with Gasteiger partial charge in [-0.25, -0.2) is 0 Å². The minimum Gasteiger partial charge on any atom is -0.361 e. The third kappa shape index (κ3) is 4.08. The quantitative estimate of drug-likeness (QED) is 0.922. The van der Waals surface area contributed by atoms with Crippen LogP contribution in [0, 0.1) is 13.8 Å². The molecule has 2 rings (SSSR count). The Morgan fingerprint density at radius 2 is 2.10 bits per heavy atom. The Morgan fingerprint density at radius 1 is 1.38 bits per heavy atom. The van der Waals surface area contributed by atoms with Crippen molar-refractivity contribution in [2.75, 3.05) is 0 Å². The van der Waals surface area contributed by atoms with Crippen LogP contribution in [0.4, 0.5) is 0 Å². The van der Waals surface area contributed by atoms with E-state index < -0.39 is 0 Å². The molecular weight excluding hydrogens is 288 g/mol. The van der Waals surface area contributed by atoms with Crippen LogP contribution < -0.4 is 5.32 Å². The van der Waals surface area contributed by atoms with Gasteiger partial charge in [0.2, 0.25) is 5.91 Å². The molecule has 1 heterocycles. The van der Waals surface area contributed by atoms with Gasteiger partial charge < -0.3 is 9.84 Å². The van der Waals surface area contributed by atoms with Crippen molar-refractivity contribution in [1.29, 1.82) is 0 Å². The molecule has 1 unspecified atom stereocenters. The Hall–Kier alpha value is -1.81. The predicted molar refractivity (Wildman–Crippen MR) is 82.4 cm³/mol.